The zero-order valence-corrected chi connectivity index (χ0v) is 7.45. The summed E-state index contributed by atoms with van der Waals surface area (Å²) in [5.74, 6) is 1.71. The van der Waals surface area contributed by atoms with E-state index in [0.717, 1.165) is 6.42 Å². The van der Waals surface area contributed by atoms with Crippen LogP contribution < -0.4 is 0 Å². The van der Waals surface area contributed by atoms with Gasteiger partial charge in [0.05, 0.1) is 0 Å². The Kier molecular flexibility index (Phi) is 7.11. The van der Waals surface area contributed by atoms with Gasteiger partial charge in [-0.05, 0) is 25.2 Å². The van der Waals surface area contributed by atoms with Gasteiger partial charge in [0, 0.05) is 0 Å². The van der Waals surface area contributed by atoms with Gasteiger partial charge in [-0.2, -0.15) is 0 Å². The first-order valence-electron chi connectivity index (χ1n) is 4.47. The molecule has 0 saturated heterocycles. The van der Waals surface area contributed by atoms with Crippen LogP contribution in [-0.4, -0.2) is 0 Å². The van der Waals surface area contributed by atoms with Crippen LogP contribution in [0, 0.1) is 12.8 Å². The Bertz CT molecular complexity index is 57.1. The smallest absolute Gasteiger partial charge is 0.0244 e. The zero-order chi connectivity index (χ0) is 7.82. The summed E-state index contributed by atoms with van der Waals surface area (Å²) in [5, 5.41) is 0. The monoisotopic (exact) mass is 140 g/mol. The Morgan fingerprint density at radius 1 is 1.20 bits per heavy atom. The highest BCUT2D eigenvalue weighted by atomic mass is 14.1. The van der Waals surface area contributed by atoms with E-state index in [1.54, 1.807) is 5.92 Å². The van der Waals surface area contributed by atoms with E-state index >= 15 is 0 Å². The maximum atomic E-state index is 3.86. The maximum Gasteiger partial charge on any atom is -0.0244 e. The minimum Gasteiger partial charge on any atom is -0.0654 e. The summed E-state index contributed by atoms with van der Waals surface area (Å²) in [5.41, 5.74) is 0. The molecule has 0 heteroatoms. The van der Waals surface area contributed by atoms with Crippen molar-refractivity contribution in [3.63, 3.8) is 0 Å². The molecule has 0 heterocycles. The minimum atomic E-state index is 1.08. The molecule has 0 aromatic rings. The summed E-state index contributed by atoms with van der Waals surface area (Å²) >= 11 is 0. The van der Waals surface area contributed by atoms with Crippen molar-refractivity contribution >= 4 is 0 Å². The highest BCUT2D eigenvalue weighted by Gasteiger charge is 2.03. The molecule has 0 spiro atoms. The van der Waals surface area contributed by atoms with E-state index in [9.17, 15) is 0 Å². The molecule has 0 aliphatic rings. The molecule has 10 heavy (non-hydrogen) atoms. The number of hydrogen-bond acceptors (Lipinski definition) is 0. The van der Waals surface area contributed by atoms with Gasteiger partial charge < -0.3 is 0 Å². The van der Waals surface area contributed by atoms with Gasteiger partial charge in [-0.1, -0.05) is 40.0 Å². The molecule has 0 N–H and O–H groups in total. The predicted octanol–water partition coefficient (Wildman–Crippen LogP) is 3.78. The standard InChI is InChI=1S/C10H20/c1-4-7-9-10(6-3)8-5-2/h2,4-9H2,1,3H3. The molecule has 0 amide bonds. The fourth-order valence-electron chi connectivity index (χ4n) is 1.16. The van der Waals surface area contributed by atoms with Crippen molar-refractivity contribution in [2.24, 2.45) is 0 Å². The lowest BCUT2D eigenvalue weighted by Gasteiger charge is -2.11. The second kappa shape index (κ2) is 7.11. The van der Waals surface area contributed by atoms with Crippen molar-refractivity contribution in [1.82, 2.24) is 0 Å². The van der Waals surface area contributed by atoms with Crippen LogP contribution in [0.15, 0.2) is 0 Å². The largest absolute Gasteiger partial charge is 0.0654 e. The van der Waals surface area contributed by atoms with Gasteiger partial charge in [-0.15, -0.1) is 0 Å². The first-order chi connectivity index (χ1) is 4.85. The molecule has 0 aliphatic carbocycles. The maximum absolute atomic E-state index is 3.86. The third-order valence-electron chi connectivity index (χ3n) is 1.91. The second-order valence-corrected chi connectivity index (χ2v) is 2.81. The third-order valence-corrected chi connectivity index (χ3v) is 1.91. The van der Waals surface area contributed by atoms with Gasteiger partial charge >= 0.3 is 0 Å². The normalized spacial score (nSPS) is 10.8. The van der Waals surface area contributed by atoms with Crippen molar-refractivity contribution in [2.75, 3.05) is 0 Å². The predicted molar refractivity (Wildman–Crippen MR) is 47.7 cm³/mol. The Labute approximate surface area is 66.0 Å². The van der Waals surface area contributed by atoms with Crippen LogP contribution in [0.5, 0.6) is 0 Å². The van der Waals surface area contributed by atoms with Gasteiger partial charge in [0.15, 0.2) is 0 Å². The fraction of sp³-hybridized carbons (Fsp3) is 0.800. The molecule has 0 fully saturated rings. The lowest BCUT2D eigenvalue weighted by molar-refractivity contribution is 0.635. The molecule has 0 rings (SSSR count). The van der Waals surface area contributed by atoms with Crippen LogP contribution in [0.25, 0.3) is 0 Å². The van der Waals surface area contributed by atoms with Gasteiger partial charge in [0.1, 0.15) is 0 Å². The summed E-state index contributed by atoms with van der Waals surface area (Å²) in [6.07, 6.45) is 7.60. The van der Waals surface area contributed by atoms with E-state index in [0.29, 0.717) is 0 Å². The molecule has 0 nitrogen and oxygen atoms in total. The number of rotatable bonds is 6. The van der Waals surface area contributed by atoms with E-state index < -0.39 is 0 Å². The first-order valence-corrected chi connectivity index (χ1v) is 4.47. The van der Waals surface area contributed by atoms with Crippen LogP contribution >= 0.6 is 0 Å². The summed E-state index contributed by atoms with van der Waals surface area (Å²) < 4.78 is 0. The zero-order valence-electron chi connectivity index (χ0n) is 7.45. The Morgan fingerprint density at radius 2 is 1.90 bits per heavy atom. The van der Waals surface area contributed by atoms with E-state index in [1.165, 1.54) is 32.1 Å². The highest BCUT2D eigenvalue weighted by Crippen LogP contribution is 2.19. The summed E-state index contributed by atoms with van der Waals surface area (Å²) in [6, 6.07) is 0. The molecule has 0 atom stereocenters. The van der Waals surface area contributed by atoms with Crippen LogP contribution in [0.2, 0.25) is 0 Å². The van der Waals surface area contributed by atoms with Crippen molar-refractivity contribution in [3.8, 4) is 0 Å². The van der Waals surface area contributed by atoms with Crippen LogP contribution in [-0.2, 0) is 0 Å². The van der Waals surface area contributed by atoms with E-state index in [4.69, 9.17) is 0 Å². The lowest BCUT2D eigenvalue weighted by atomic mass is 9.95. The lowest BCUT2D eigenvalue weighted by Crippen LogP contribution is -1.94. The summed E-state index contributed by atoms with van der Waals surface area (Å²) in [6.45, 7) is 8.36. The quantitative estimate of drug-likeness (QED) is 0.526. The second-order valence-electron chi connectivity index (χ2n) is 2.81. The average Bonchev–Trinajstić information content (AvgIpc) is 1.98. The van der Waals surface area contributed by atoms with Crippen LogP contribution in [0.3, 0.4) is 0 Å². The Hall–Kier alpha value is 0. The molecule has 0 aromatic carbocycles. The van der Waals surface area contributed by atoms with E-state index in [1.807, 2.05) is 0 Å². The molecular formula is C10H20. The number of unbranched alkanes of at least 4 members (excludes halogenated alkanes) is 1. The third kappa shape index (κ3) is 4.84. The highest BCUT2D eigenvalue weighted by molar-refractivity contribution is 4.87. The molecular weight excluding hydrogens is 120 g/mol. The Morgan fingerprint density at radius 3 is 2.30 bits per heavy atom. The van der Waals surface area contributed by atoms with Crippen molar-refractivity contribution in [1.29, 1.82) is 0 Å². The summed E-state index contributed by atoms with van der Waals surface area (Å²) in [4.78, 5) is 0. The summed E-state index contributed by atoms with van der Waals surface area (Å²) in [7, 11) is 0. The van der Waals surface area contributed by atoms with Gasteiger partial charge in [-0.3, -0.25) is 0 Å². The van der Waals surface area contributed by atoms with E-state index in [-0.39, 0.29) is 0 Å². The van der Waals surface area contributed by atoms with Gasteiger partial charge in [0.2, 0.25) is 0 Å². The van der Waals surface area contributed by atoms with Crippen LogP contribution in [0.1, 0.15) is 52.4 Å². The SMILES string of the molecule is [CH2]CC[C](CC)CCCC. The first kappa shape index (κ1) is 10.0. The van der Waals surface area contributed by atoms with E-state index in [2.05, 4.69) is 20.8 Å². The molecule has 0 aliphatic heterocycles. The topological polar surface area (TPSA) is 0 Å². The number of hydrogen-bond donors (Lipinski definition) is 0. The fourth-order valence-corrected chi connectivity index (χ4v) is 1.16. The van der Waals surface area contributed by atoms with Crippen molar-refractivity contribution < 1.29 is 0 Å². The minimum absolute atomic E-state index is 1.08. The van der Waals surface area contributed by atoms with Gasteiger partial charge in [-0.25, -0.2) is 0 Å². The van der Waals surface area contributed by atoms with Gasteiger partial charge in [0.25, 0.3) is 0 Å². The molecule has 0 aromatic heterocycles. The molecule has 0 saturated carbocycles. The molecule has 2 radical (unpaired) electrons. The molecule has 0 bridgehead atoms. The van der Waals surface area contributed by atoms with Crippen LogP contribution in [0.4, 0.5) is 0 Å². The Balaban J connectivity index is 3.21. The average molecular weight is 140 g/mol. The van der Waals surface area contributed by atoms with Crippen molar-refractivity contribution in [3.05, 3.63) is 12.8 Å². The van der Waals surface area contributed by atoms with Crippen molar-refractivity contribution in [2.45, 2.75) is 52.4 Å². The molecule has 0 unspecified atom stereocenters. The molecule has 60 valence electrons.